The fraction of sp³-hybridized carbons (Fsp3) is 0.133. The number of rotatable bonds is 5. The van der Waals surface area contributed by atoms with Crippen LogP contribution >= 0.6 is 23.4 Å². The Morgan fingerprint density at radius 2 is 1.95 bits per heavy atom. The Labute approximate surface area is 126 Å². The number of hydrogen-bond donors (Lipinski definition) is 1. The van der Waals surface area contributed by atoms with E-state index >= 15 is 0 Å². The molecule has 0 saturated carbocycles. The number of benzene rings is 2. The maximum absolute atomic E-state index is 12.2. The SMILES string of the molecule is COc1ccc(C(=O)C(Cl)Sc2ccccc2)c(O)c1. The molecule has 0 spiro atoms. The summed E-state index contributed by atoms with van der Waals surface area (Å²) < 4.78 is 4.18. The molecule has 3 nitrogen and oxygen atoms in total. The van der Waals surface area contributed by atoms with Crippen LogP contribution in [0.1, 0.15) is 10.4 Å². The molecule has 0 fully saturated rings. The number of alkyl halides is 1. The fourth-order valence-electron chi connectivity index (χ4n) is 1.64. The third-order valence-corrected chi connectivity index (χ3v) is 4.09. The minimum Gasteiger partial charge on any atom is -0.507 e. The van der Waals surface area contributed by atoms with Gasteiger partial charge in [-0.25, -0.2) is 0 Å². The van der Waals surface area contributed by atoms with E-state index in [4.69, 9.17) is 16.3 Å². The molecule has 0 heterocycles. The summed E-state index contributed by atoms with van der Waals surface area (Å²) in [5.74, 6) is 0.0234. The lowest BCUT2D eigenvalue weighted by Crippen LogP contribution is -2.11. The molecule has 0 aliphatic carbocycles. The van der Waals surface area contributed by atoms with Crippen molar-refractivity contribution in [3.05, 3.63) is 54.1 Å². The molecule has 104 valence electrons. The lowest BCUT2D eigenvalue weighted by molar-refractivity contribution is 0.101. The molecule has 0 aliphatic rings. The second-order valence-electron chi connectivity index (χ2n) is 3.99. The fourth-order valence-corrected chi connectivity index (χ4v) is 2.85. The van der Waals surface area contributed by atoms with Crippen molar-refractivity contribution in [2.45, 2.75) is 9.60 Å². The van der Waals surface area contributed by atoms with Gasteiger partial charge in [-0.2, -0.15) is 0 Å². The molecule has 0 saturated heterocycles. The maximum Gasteiger partial charge on any atom is 0.194 e. The molecule has 0 amide bonds. The molecular formula is C15H13ClO3S. The number of phenols is 1. The van der Waals surface area contributed by atoms with E-state index in [0.717, 1.165) is 4.90 Å². The van der Waals surface area contributed by atoms with E-state index in [-0.39, 0.29) is 17.1 Å². The molecule has 2 rings (SSSR count). The van der Waals surface area contributed by atoms with Crippen LogP contribution in [-0.4, -0.2) is 22.7 Å². The van der Waals surface area contributed by atoms with Gasteiger partial charge in [0.2, 0.25) is 0 Å². The molecule has 0 aliphatic heterocycles. The average Bonchev–Trinajstić information content (AvgIpc) is 2.47. The Morgan fingerprint density at radius 1 is 1.25 bits per heavy atom. The lowest BCUT2D eigenvalue weighted by Gasteiger charge is -2.10. The Morgan fingerprint density at radius 3 is 2.55 bits per heavy atom. The highest BCUT2D eigenvalue weighted by molar-refractivity contribution is 8.01. The van der Waals surface area contributed by atoms with Crippen LogP contribution in [0.15, 0.2) is 53.4 Å². The number of Topliss-reactive ketones (excluding diaryl/α,β-unsaturated/α-hetero) is 1. The van der Waals surface area contributed by atoms with Crippen LogP contribution in [-0.2, 0) is 0 Å². The van der Waals surface area contributed by atoms with E-state index in [1.165, 1.54) is 31.0 Å². The number of phenolic OH excluding ortho intramolecular Hbond substituents is 1. The molecule has 0 radical (unpaired) electrons. The molecular weight excluding hydrogens is 296 g/mol. The third kappa shape index (κ3) is 3.46. The van der Waals surface area contributed by atoms with Gasteiger partial charge in [0.25, 0.3) is 0 Å². The Balaban J connectivity index is 2.14. The third-order valence-electron chi connectivity index (χ3n) is 2.66. The van der Waals surface area contributed by atoms with Crippen molar-refractivity contribution in [3.8, 4) is 11.5 Å². The summed E-state index contributed by atoms with van der Waals surface area (Å²) in [6, 6.07) is 13.9. The highest BCUT2D eigenvalue weighted by atomic mass is 35.5. The molecule has 1 atom stereocenters. The van der Waals surface area contributed by atoms with Crippen molar-refractivity contribution < 1.29 is 14.6 Å². The van der Waals surface area contributed by atoms with Crippen molar-refractivity contribution in [1.29, 1.82) is 0 Å². The number of carbonyl (C=O) groups excluding carboxylic acids is 1. The van der Waals surface area contributed by atoms with Crippen molar-refractivity contribution in [3.63, 3.8) is 0 Å². The predicted octanol–water partition coefficient (Wildman–Crippen LogP) is 3.94. The summed E-state index contributed by atoms with van der Waals surface area (Å²) in [7, 11) is 1.49. The van der Waals surface area contributed by atoms with Crippen LogP contribution in [0.2, 0.25) is 0 Å². The zero-order chi connectivity index (χ0) is 14.5. The standard InChI is InChI=1S/C15H13ClO3S/c1-19-10-7-8-12(13(17)9-10)14(18)15(16)20-11-5-3-2-4-6-11/h2-9,15,17H,1H3. The van der Waals surface area contributed by atoms with Crippen LogP contribution in [0, 0.1) is 0 Å². The molecule has 1 unspecified atom stereocenters. The van der Waals surface area contributed by atoms with Gasteiger partial charge in [-0.3, -0.25) is 4.79 Å². The first kappa shape index (κ1) is 14.8. The minimum absolute atomic E-state index is 0.131. The predicted molar refractivity (Wildman–Crippen MR) is 80.9 cm³/mol. The maximum atomic E-state index is 12.2. The van der Waals surface area contributed by atoms with Gasteiger partial charge in [0.05, 0.1) is 12.7 Å². The molecule has 2 aromatic rings. The van der Waals surface area contributed by atoms with E-state index in [0.29, 0.717) is 5.75 Å². The summed E-state index contributed by atoms with van der Waals surface area (Å²) in [5.41, 5.74) is 0.189. The average molecular weight is 309 g/mol. The lowest BCUT2D eigenvalue weighted by atomic mass is 10.1. The van der Waals surface area contributed by atoms with Crippen molar-refractivity contribution in [2.75, 3.05) is 7.11 Å². The second kappa shape index (κ2) is 6.68. The molecule has 5 heteroatoms. The van der Waals surface area contributed by atoms with E-state index in [2.05, 4.69) is 0 Å². The number of methoxy groups -OCH3 is 1. The zero-order valence-corrected chi connectivity index (χ0v) is 12.3. The second-order valence-corrected chi connectivity index (χ2v) is 5.87. The monoisotopic (exact) mass is 308 g/mol. The molecule has 1 N–H and O–H groups in total. The van der Waals surface area contributed by atoms with Crippen LogP contribution in [0.5, 0.6) is 11.5 Å². The normalized spacial score (nSPS) is 11.9. The van der Waals surface area contributed by atoms with Crippen LogP contribution in [0.3, 0.4) is 0 Å². The largest absolute Gasteiger partial charge is 0.507 e. The molecule has 2 aromatic carbocycles. The van der Waals surface area contributed by atoms with Gasteiger partial charge in [-0.1, -0.05) is 30.0 Å². The van der Waals surface area contributed by atoms with Gasteiger partial charge in [0, 0.05) is 11.0 Å². The number of ketones is 1. The first-order chi connectivity index (χ1) is 9.61. The van der Waals surface area contributed by atoms with Gasteiger partial charge in [-0.05, 0) is 24.3 Å². The topological polar surface area (TPSA) is 46.5 Å². The van der Waals surface area contributed by atoms with Crippen molar-refractivity contribution in [2.24, 2.45) is 0 Å². The molecule has 0 aromatic heterocycles. The van der Waals surface area contributed by atoms with Gasteiger partial charge in [0.15, 0.2) is 5.78 Å². The van der Waals surface area contributed by atoms with E-state index < -0.39 is 4.71 Å². The molecule has 20 heavy (non-hydrogen) atoms. The van der Waals surface area contributed by atoms with E-state index in [1.807, 2.05) is 30.3 Å². The Bertz CT molecular complexity index is 601. The zero-order valence-electron chi connectivity index (χ0n) is 10.7. The van der Waals surface area contributed by atoms with Crippen molar-refractivity contribution >= 4 is 29.1 Å². The van der Waals surface area contributed by atoms with E-state index in [9.17, 15) is 9.90 Å². The highest BCUT2D eigenvalue weighted by Crippen LogP contribution is 2.32. The van der Waals surface area contributed by atoms with Crippen LogP contribution in [0.4, 0.5) is 0 Å². The number of thioether (sulfide) groups is 1. The number of hydrogen-bond acceptors (Lipinski definition) is 4. The van der Waals surface area contributed by atoms with Gasteiger partial charge < -0.3 is 9.84 Å². The number of halogens is 1. The smallest absolute Gasteiger partial charge is 0.194 e. The summed E-state index contributed by atoms with van der Waals surface area (Å²) >= 11 is 7.36. The number of ether oxygens (including phenoxy) is 1. The number of aromatic hydroxyl groups is 1. The van der Waals surface area contributed by atoms with Crippen LogP contribution in [0.25, 0.3) is 0 Å². The first-order valence-corrected chi connectivity index (χ1v) is 7.20. The summed E-state index contributed by atoms with van der Waals surface area (Å²) in [6.07, 6.45) is 0. The highest BCUT2D eigenvalue weighted by Gasteiger charge is 2.21. The number of carbonyl (C=O) groups is 1. The van der Waals surface area contributed by atoms with Gasteiger partial charge in [-0.15, -0.1) is 11.6 Å². The first-order valence-electron chi connectivity index (χ1n) is 5.89. The van der Waals surface area contributed by atoms with Gasteiger partial charge in [0.1, 0.15) is 16.2 Å². The summed E-state index contributed by atoms with van der Waals surface area (Å²) in [5, 5.41) is 9.84. The minimum atomic E-state index is -0.795. The quantitative estimate of drug-likeness (QED) is 0.516. The Kier molecular flexibility index (Phi) is 4.93. The van der Waals surface area contributed by atoms with Crippen LogP contribution < -0.4 is 4.74 Å². The molecule has 0 bridgehead atoms. The summed E-state index contributed by atoms with van der Waals surface area (Å²) in [4.78, 5) is 13.1. The Hall–Kier alpha value is -1.65. The van der Waals surface area contributed by atoms with Crippen molar-refractivity contribution in [1.82, 2.24) is 0 Å². The van der Waals surface area contributed by atoms with Gasteiger partial charge >= 0.3 is 0 Å². The summed E-state index contributed by atoms with van der Waals surface area (Å²) in [6.45, 7) is 0. The van der Waals surface area contributed by atoms with E-state index in [1.54, 1.807) is 6.07 Å².